The molecule has 1 aromatic carbocycles. The van der Waals surface area contributed by atoms with Gasteiger partial charge in [0.05, 0.1) is 30.0 Å². The van der Waals surface area contributed by atoms with Crippen molar-refractivity contribution in [1.82, 2.24) is 34.4 Å². The van der Waals surface area contributed by atoms with Gasteiger partial charge in [-0.25, -0.2) is 18.9 Å². The summed E-state index contributed by atoms with van der Waals surface area (Å²) in [6.07, 6.45) is 3.87. The van der Waals surface area contributed by atoms with Crippen molar-refractivity contribution in [3.63, 3.8) is 0 Å². The number of aromatic nitrogens is 5. The van der Waals surface area contributed by atoms with Crippen LogP contribution in [0.5, 0.6) is 0 Å². The number of primary amides is 1. The van der Waals surface area contributed by atoms with Gasteiger partial charge in [0.2, 0.25) is 6.41 Å². The number of amides is 2. The molecule has 3 N–H and O–H groups in total. The largest absolute Gasteiger partial charge is 0.364 e. The molecule has 0 saturated carbocycles. The van der Waals surface area contributed by atoms with Gasteiger partial charge in [0.1, 0.15) is 17.2 Å². The van der Waals surface area contributed by atoms with Gasteiger partial charge < -0.3 is 20.5 Å². The van der Waals surface area contributed by atoms with Gasteiger partial charge in [-0.3, -0.25) is 9.59 Å². The summed E-state index contributed by atoms with van der Waals surface area (Å²) in [4.78, 5) is 33.1. The van der Waals surface area contributed by atoms with E-state index >= 15 is 0 Å². The van der Waals surface area contributed by atoms with Gasteiger partial charge in [-0.2, -0.15) is 5.10 Å². The Hall–Kier alpha value is -4.12. The molecular weight excluding hydrogens is 487 g/mol. The van der Waals surface area contributed by atoms with Crippen molar-refractivity contribution in [2.75, 3.05) is 20.1 Å². The van der Waals surface area contributed by atoms with Crippen molar-refractivity contribution in [3.8, 4) is 22.6 Å². The molecule has 1 saturated heterocycles. The number of hydrogen-bond donors (Lipinski definition) is 2. The van der Waals surface area contributed by atoms with E-state index in [0.717, 1.165) is 12.0 Å². The van der Waals surface area contributed by atoms with Crippen molar-refractivity contribution in [1.29, 1.82) is 0 Å². The minimum Gasteiger partial charge on any atom is -0.364 e. The molecule has 5 rings (SSSR count). The summed E-state index contributed by atoms with van der Waals surface area (Å²) < 4.78 is 16.8. The summed E-state index contributed by atoms with van der Waals surface area (Å²) in [6, 6.07) is 9.58. The number of rotatable bonds is 5. The Morgan fingerprint density at radius 3 is 2.29 bits per heavy atom. The van der Waals surface area contributed by atoms with E-state index in [2.05, 4.69) is 41.2 Å². The van der Waals surface area contributed by atoms with Crippen molar-refractivity contribution in [3.05, 3.63) is 60.4 Å². The molecule has 11 heteroatoms. The van der Waals surface area contributed by atoms with E-state index in [1.54, 1.807) is 35.5 Å². The number of hydrogen-bond acceptors (Lipinski definition) is 6. The van der Waals surface area contributed by atoms with E-state index < -0.39 is 5.91 Å². The number of benzene rings is 1. The third-order valence-electron chi connectivity index (χ3n) is 5.95. The van der Waals surface area contributed by atoms with Gasteiger partial charge >= 0.3 is 0 Å². The number of nitrogens with zero attached hydrogens (tertiary/aromatic N) is 6. The smallest absolute Gasteiger partial charge is 0.269 e. The maximum absolute atomic E-state index is 13.4. The quantitative estimate of drug-likeness (QED) is 0.387. The highest BCUT2D eigenvalue weighted by Crippen LogP contribution is 2.34. The second-order valence-corrected chi connectivity index (χ2v) is 9.57. The summed E-state index contributed by atoms with van der Waals surface area (Å²) in [7, 11) is 1.96. The summed E-state index contributed by atoms with van der Waals surface area (Å²) in [5.41, 5.74) is 8.96. The van der Waals surface area contributed by atoms with E-state index in [4.69, 9.17) is 5.73 Å². The molecule has 0 unspecified atom stereocenters. The van der Waals surface area contributed by atoms with Crippen LogP contribution in [0.25, 0.3) is 28.3 Å². The van der Waals surface area contributed by atoms with Crippen LogP contribution in [-0.2, 0) is 4.79 Å². The van der Waals surface area contributed by atoms with Crippen molar-refractivity contribution in [2.45, 2.75) is 46.2 Å². The molecule has 1 aliphatic rings. The zero-order valence-electron chi connectivity index (χ0n) is 22.6. The maximum atomic E-state index is 13.4. The lowest BCUT2D eigenvalue weighted by Gasteiger charge is -2.37. The number of fused-ring (bicyclic) bond motifs is 1. The molecule has 0 spiro atoms. The maximum Gasteiger partial charge on any atom is 0.269 e. The molecule has 38 heavy (non-hydrogen) atoms. The molecule has 10 nitrogen and oxygen atoms in total. The van der Waals surface area contributed by atoms with E-state index in [1.807, 2.05) is 25.5 Å². The Balaban J connectivity index is 0.000000443. The van der Waals surface area contributed by atoms with Gasteiger partial charge in [0.15, 0.2) is 5.65 Å². The first-order valence-corrected chi connectivity index (χ1v) is 12.5. The minimum absolute atomic E-state index is 0.0304. The molecule has 0 bridgehead atoms. The van der Waals surface area contributed by atoms with Gasteiger partial charge in [0.25, 0.3) is 5.91 Å². The minimum atomic E-state index is -0.639. The van der Waals surface area contributed by atoms with E-state index in [0.29, 0.717) is 41.4 Å². The average Bonchev–Trinajstić information content (AvgIpc) is 3.49. The predicted octanol–water partition coefficient (Wildman–Crippen LogP) is 3.54. The predicted molar refractivity (Wildman–Crippen MR) is 145 cm³/mol. The first-order chi connectivity index (χ1) is 18.1. The number of halogens is 1. The molecule has 2 amide bonds. The van der Waals surface area contributed by atoms with E-state index in [9.17, 15) is 14.0 Å². The fourth-order valence-corrected chi connectivity index (χ4v) is 3.63. The Kier molecular flexibility index (Phi) is 8.95. The lowest BCUT2D eigenvalue weighted by atomic mass is 10.1. The summed E-state index contributed by atoms with van der Waals surface area (Å²) in [5.74, 6) is -0.982. The van der Waals surface area contributed by atoms with Gasteiger partial charge in [-0.1, -0.05) is 13.8 Å². The van der Waals surface area contributed by atoms with Gasteiger partial charge in [-0.05, 0) is 64.2 Å². The SMILES string of the molecule is CC.CNC(C)(C)C.NC(=O)c1cnc2ccc(-c3c(-c4ccc(F)cc4)ncn3C3CN(C=O)C3)nn12. The number of likely N-dealkylation sites (tertiary alicyclic amines) is 1. The Bertz CT molecular complexity index is 1380. The molecule has 1 aliphatic heterocycles. The highest BCUT2D eigenvalue weighted by atomic mass is 19.1. The van der Waals surface area contributed by atoms with Crippen LogP contribution in [0.4, 0.5) is 4.39 Å². The second kappa shape index (κ2) is 12.0. The van der Waals surface area contributed by atoms with E-state index in [1.165, 1.54) is 22.8 Å². The number of carbonyl (C=O) groups is 2. The van der Waals surface area contributed by atoms with Crippen LogP contribution in [0.2, 0.25) is 0 Å². The highest BCUT2D eigenvalue weighted by molar-refractivity contribution is 5.91. The van der Waals surface area contributed by atoms with Crippen LogP contribution in [-0.4, -0.2) is 67.0 Å². The number of carbonyl (C=O) groups excluding carboxylic acids is 2. The molecule has 1 fully saturated rings. The van der Waals surface area contributed by atoms with Gasteiger partial charge in [0, 0.05) is 24.2 Å². The highest BCUT2D eigenvalue weighted by Gasteiger charge is 2.31. The Morgan fingerprint density at radius 1 is 1.11 bits per heavy atom. The van der Waals surface area contributed by atoms with Crippen molar-refractivity contribution >= 4 is 18.0 Å². The summed E-state index contributed by atoms with van der Waals surface area (Å²) in [5, 5.41) is 7.68. The summed E-state index contributed by atoms with van der Waals surface area (Å²) >= 11 is 0. The third-order valence-corrected chi connectivity index (χ3v) is 5.95. The molecule has 0 atom stereocenters. The monoisotopic (exact) mass is 522 g/mol. The fourth-order valence-electron chi connectivity index (χ4n) is 3.63. The third kappa shape index (κ3) is 6.23. The first-order valence-electron chi connectivity index (χ1n) is 12.5. The lowest BCUT2D eigenvalue weighted by Crippen LogP contribution is -2.46. The standard InChI is InChI=1S/C20H16FN7O2.C5H13N.C2H6/c21-13-3-1-12(2-4-13)18-19(27(10-24-18)14-8-26(9-14)11-29)15-5-6-17-23-7-16(20(22)30)28(17)25-15;1-5(2,3)6-4;1-2/h1-7,10-11,14H,8-9H2,(H2,22,30);6H,1-4H3;1-2H3. The van der Waals surface area contributed by atoms with Crippen LogP contribution in [0.15, 0.2) is 48.9 Å². The van der Waals surface area contributed by atoms with Crippen molar-refractivity contribution in [2.24, 2.45) is 5.73 Å². The molecule has 4 aromatic rings. The first kappa shape index (κ1) is 28.5. The molecule has 202 valence electrons. The normalized spacial score (nSPS) is 13.2. The number of imidazole rings is 2. The summed E-state index contributed by atoms with van der Waals surface area (Å²) in [6.45, 7) is 11.5. The molecule has 0 radical (unpaired) electrons. The van der Waals surface area contributed by atoms with Crippen LogP contribution < -0.4 is 11.1 Å². The zero-order valence-corrected chi connectivity index (χ0v) is 22.6. The fraction of sp³-hybridized carbons (Fsp3) is 0.370. The molecule has 4 heterocycles. The molecule has 0 aliphatic carbocycles. The average molecular weight is 523 g/mol. The van der Waals surface area contributed by atoms with E-state index in [-0.39, 0.29) is 17.6 Å². The molecule has 3 aromatic heterocycles. The lowest BCUT2D eigenvalue weighted by molar-refractivity contribution is -0.123. The Morgan fingerprint density at radius 2 is 1.74 bits per heavy atom. The number of nitrogens with one attached hydrogen (secondary N) is 1. The van der Waals surface area contributed by atoms with Crippen LogP contribution in [0.1, 0.15) is 51.1 Å². The van der Waals surface area contributed by atoms with Crippen LogP contribution in [0, 0.1) is 5.82 Å². The van der Waals surface area contributed by atoms with Crippen molar-refractivity contribution < 1.29 is 14.0 Å². The zero-order chi connectivity index (χ0) is 28.0. The number of nitrogens with two attached hydrogens (primary N) is 1. The Labute approximate surface area is 221 Å². The molecular formula is C27H35FN8O2. The van der Waals surface area contributed by atoms with Crippen LogP contribution >= 0.6 is 0 Å². The topological polar surface area (TPSA) is 123 Å². The van der Waals surface area contributed by atoms with Gasteiger partial charge in [-0.15, -0.1) is 0 Å². The van der Waals surface area contributed by atoms with Crippen LogP contribution in [0.3, 0.4) is 0 Å². The second-order valence-electron chi connectivity index (χ2n) is 9.57.